The molecule has 0 bridgehead atoms. The Balaban J connectivity index is 1.20. The van der Waals surface area contributed by atoms with Gasteiger partial charge in [0.15, 0.2) is 11.5 Å². The van der Waals surface area contributed by atoms with E-state index in [-0.39, 0.29) is 11.9 Å². The third-order valence-corrected chi connectivity index (χ3v) is 6.12. The summed E-state index contributed by atoms with van der Waals surface area (Å²) in [5, 5.41) is 0. The van der Waals surface area contributed by atoms with Gasteiger partial charge in [0.05, 0.1) is 6.54 Å². The highest BCUT2D eigenvalue weighted by Crippen LogP contribution is 2.38. The first-order valence-electron chi connectivity index (χ1n) is 10.7. The number of ether oxygens (including phenoxy) is 2. The van der Waals surface area contributed by atoms with Crippen molar-refractivity contribution in [3.8, 4) is 11.5 Å². The van der Waals surface area contributed by atoms with E-state index in [1.54, 1.807) is 12.4 Å². The molecule has 0 saturated carbocycles. The second-order valence-electron chi connectivity index (χ2n) is 7.95. The zero-order valence-corrected chi connectivity index (χ0v) is 17.1. The molecule has 0 radical (unpaired) electrons. The summed E-state index contributed by atoms with van der Waals surface area (Å²) in [5.74, 6) is 2.57. The number of hydrogen-bond donors (Lipinski definition) is 0. The maximum Gasteiger partial charge on any atom is 0.236 e. The lowest BCUT2D eigenvalue weighted by molar-refractivity contribution is -0.133. The Labute approximate surface area is 176 Å². The van der Waals surface area contributed by atoms with E-state index < -0.39 is 0 Å². The van der Waals surface area contributed by atoms with Crippen LogP contribution in [0.4, 0.5) is 5.95 Å². The molecule has 0 unspecified atom stereocenters. The van der Waals surface area contributed by atoms with Crippen LogP contribution in [0.5, 0.6) is 11.5 Å². The maximum absolute atomic E-state index is 13.0. The van der Waals surface area contributed by atoms with Crippen LogP contribution in [0.15, 0.2) is 36.7 Å². The van der Waals surface area contributed by atoms with Gasteiger partial charge in [-0.1, -0.05) is 6.07 Å². The van der Waals surface area contributed by atoms with Gasteiger partial charge in [-0.2, -0.15) is 0 Å². The highest BCUT2D eigenvalue weighted by Gasteiger charge is 2.31. The van der Waals surface area contributed by atoms with Gasteiger partial charge in [-0.15, -0.1) is 0 Å². The number of carbonyl (C=O) groups excluding carboxylic acids is 1. The second kappa shape index (κ2) is 8.47. The maximum atomic E-state index is 13.0. The monoisotopic (exact) mass is 409 g/mol. The number of piperazine rings is 1. The number of hydrogen-bond acceptors (Lipinski definition) is 7. The molecule has 2 fully saturated rings. The minimum absolute atomic E-state index is 0.202. The fraction of sp³-hybridized carbons (Fsp3) is 0.500. The summed E-state index contributed by atoms with van der Waals surface area (Å²) >= 11 is 0. The van der Waals surface area contributed by atoms with Crippen molar-refractivity contribution in [2.45, 2.75) is 18.9 Å². The van der Waals surface area contributed by atoms with Gasteiger partial charge in [0.2, 0.25) is 11.9 Å². The molecular weight excluding hydrogens is 382 g/mol. The SMILES string of the molecule is O=C(CN1CCC[C@@H]1c1ccc2c(c1)OCCO2)N1CCN(c2ncccn2)CC1. The van der Waals surface area contributed by atoms with Gasteiger partial charge < -0.3 is 19.3 Å². The molecule has 1 atom stereocenters. The molecule has 0 N–H and O–H groups in total. The molecule has 0 spiro atoms. The highest BCUT2D eigenvalue weighted by molar-refractivity contribution is 5.78. The van der Waals surface area contributed by atoms with Crippen molar-refractivity contribution >= 4 is 11.9 Å². The quantitative estimate of drug-likeness (QED) is 0.762. The fourth-order valence-electron chi connectivity index (χ4n) is 4.54. The molecule has 2 saturated heterocycles. The summed E-state index contributed by atoms with van der Waals surface area (Å²) in [6.45, 7) is 5.54. The van der Waals surface area contributed by atoms with Crippen molar-refractivity contribution in [2.75, 3.05) is 57.4 Å². The van der Waals surface area contributed by atoms with E-state index in [1.165, 1.54) is 5.56 Å². The van der Waals surface area contributed by atoms with Crippen molar-refractivity contribution in [1.29, 1.82) is 0 Å². The first kappa shape index (κ1) is 19.1. The van der Waals surface area contributed by atoms with Gasteiger partial charge in [-0.05, 0) is 43.1 Å². The summed E-state index contributed by atoms with van der Waals surface area (Å²) in [6.07, 6.45) is 5.67. The van der Waals surface area contributed by atoms with Gasteiger partial charge in [0.1, 0.15) is 13.2 Å². The largest absolute Gasteiger partial charge is 0.486 e. The number of benzene rings is 1. The standard InChI is InChI=1S/C22H27N5O3/c28-21(25-9-11-26(12-10-25)22-23-6-2-7-24-22)16-27-8-1-3-18(27)17-4-5-19-20(15-17)30-14-13-29-19/h2,4-7,15,18H,1,3,8-14,16H2/t18-/m1/s1. The molecule has 3 aliphatic heterocycles. The summed E-state index contributed by atoms with van der Waals surface area (Å²) in [4.78, 5) is 28.0. The summed E-state index contributed by atoms with van der Waals surface area (Å²) in [6, 6.07) is 8.26. The van der Waals surface area contributed by atoms with E-state index in [4.69, 9.17) is 9.47 Å². The predicted octanol–water partition coefficient (Wildman–Crippen LogP) is 1.73. The molecule has 1 amide bonds. The second-order valence-corrected chi connectivity index (χ2v) is 7.95. The molecule has 30 heavy (non-hydrogen) atoms. The van der Waals surface area contributed by atoms with Crippen molar-refractivity contribution in [3.63, 3.8) is 0 Å². The van der Waals surface area contributed by atoms with Crippen LogP contribution in [0.2, 0.25) is 0 Å². The molecular formula is C22H27N5O3. The van der Waals surface area contributed by atoms with E-state index >= 15 is 0 Å². The lowest BCUT2D eigenvalue weighted by Crippen LogP contribution is -2.51. The fourth-order valence-corrected chi connectivity index (χ4v) is 4.54. The van der Waals surface area contributed by atoms with Crippen LogP contribution in [0.25, 0.3) is 0 Å². The van der Waals surface area contributed by atoms with Gasteiger partial charge in [0.25, 0.3) is 0 Å². The average molecular weight is 409 g/mol. The zero-order chi connectivity index (χ0) is 20.3. The smallest absolute Gasteiger partial charge is 0.236 e. The van der Waals surface area contributed by atoms with Crippen LogP contribution in [0.3, 0.4) is 0 Å². The number of anilines is 1. The average Bonchev–Trinajstić information content (AvgIpc) is 3.27. The summed E-state index contributed by atoms with van der Waals surface area (Å²) < 4.78 is 11.4. The van der Waals surface area contributed by atoms with E-state index in [9.17, 15) is 4.79 Å². The van der Waals surface area contributed by atoms with Crippen molar-refractivity contribution in [2.24, 2.45) is 0 Å². The summed E-state index contributed by atoms with van der Waals surface area (Å²) in [5.41, 5.74) is 1.20. The Bertz CT molecular complexity index is 886. The van der Waals surface area contributed by atoms with Crippen LogP contribution in [0.1, 0.15) is 24.4 Å². The molecule has 5 rings (SSSR count). The molecule has 4 heterocycles. The van der Waals surface area contributed by atoms with Gasteiger partial charge >= 0.3 is 0 Å². The van der Waals surface area contributed by atoms with Crippen LogP contribution in [-0.4, -0.2) is 78.2 Å². The Morgan fingerprint density at radius 2 is 1.77 bits per heavy atom. The Morgan fingerprint density at radius 3 is 2.57 bits per heavy atom. The minimum atomic E-state index is 0.202. The van der Waals surface area contributed by atoms with Crippen molar-refractivity contribution < 1.29 is 14.3 Å². The van der Waals surface area contributed by atoms with E-state index in [0.717, 1.165) is 49.9 Å². The number of carbonyl (C=O) groups is 1. The lowest BCUT2D eigenvalue weighted by Gasteiger charge is -2.36. The van der Waals surface area contributed by atoms with Crippen LogP contribution < -0.4 is 14.4 Å². The highest BCUT2D eigenvalue weighted by atomic mass is 16.6. The van der Waals surface area contributed by atoms with Crippen LogP contribution in [-0.2, 0) is 4.79 Å². The number of nitrogens with zero attached hydrogens (tertiary/aromatic N) is 5. The molecule has 3 aliphatic rings. The van der Waals surface area contributed by atoms with Gasteiger partial charge in [-0.3, -0.25) is 9.69 Å². The molecule has 0 aliphatic carbocycles. The third-order valence-electron chi connectivity index (χ3n) is 6.12. The van der Waals surface area contributed by atoms with E-state index in [0.29, 0.717) is 32.8 Å². The van der Waals surface area contributed by atoms with Crippen molar-refractivity contribution in [3.05, 3.63) is 42.2 Å². The third kappa shape index (κ3) is 3.92. The summed E-state index contributed by atoms with van der Waals surface area (Å²) in [7, 11) is 0. The Hall–Kier alpha value is -2.87. The van der Waals surface area contributed by atoms with Crippen LogP contribution >= 0.6 is 0 Å². The number of likely N-dealkylation sites (tertiary alicyclic amines) is 1. The topological polar surface area (TPSA) is 71.0 Å². The number of fused-ring (bicyclic) bond motifs is 1. The molecule has 158 valence electrons. The zero-order valence-electron chi connectivity index (χ0n) is 17.1. The molecule has 1 aromatic carbocycles. The number of aromatic nitrogens is 2. The normalized spacial score (nSPS) is 21.7. The molecule has 1 aromatic heterocycles. The Morgan fingerprint density at radius 1 is 1.00 bits per heavy atom. The lowest BCUT2D eigenvalue weighted by atomic mass is 10.0. The van der Waals surface area contributed by atoms with Crippen LogP contribution in [0, 0.1) is 0 Å². The van der Waals surface area contributed by atoms with E-state index in [2.05, 4.69) is 31.9 Å². The first-order chi connectivity index (χ1) is 14.8. The first-order valence-corrected chi connectivity index (χ1v) is 10.7. The van der Waals surface area contributed by atoms with E-state index in [1.807, 2.05) is 17.0 Å². The van der Waals surface area contributed by atoms with Gasteiger partial charge in [0, 0.05) is 44.6 Å². The minimum Gasteiger partial charge on any atom is -0.486 e. The number of amides is 1. The molecule has 8 heteroatoms. The van der Waals surface area contributed by atoms with Gasteiger partial charge in [-0.25, -0.2) is 9.97 Å². The number of rotatable bonds is 4. The van der Waals surface area contributed by atoms with Crippen molar-refractivity contribution in [1.82, 2.24) is 19.8 Å². The Kier molecular flexibility index (Phi) is 5.40. The predicted molar refractivity (Wildman–Crippen MR) is 112 cm³/mol. The molecule has 2 aromatic rings. The molecule has 8 nitrogen and oxygen atoms in total.